The summed E-state index contributed by atoms with van der Waals surface area (Å²) in [5.74, 6) is -4.34. The summed E-state index contributed by atoms with van der Waals surface area (Å²) < 4.78 is 41.8. The molecular formula is C21H16F3N3O2. The highest BCUT2D eigenvalue weighted by Crippen LogP contribution is 2.22. The van der Waals surface area contributed by atoms with E-state index >= 15 is 0 Å². The van der Waals surface area contributed by atoms with Crippen molar-refractivity contribution in [2.45, 2.75) is 12.8 Å². The number of aromatic nitrogens is 1. The molecule has 0 aliphatic heterocycles. The van der Waals surface area contributed by atoms with Crippen LogP contribution in [0.5, 0.6) is 0 Å². The zero-order chi connectivity index (χ0) is 20.8. The molecule has 0 saturated heterocycles. The van der Waals surface area contributed by atoms with Crippen LogP contribution in [0, 0.1) is 17.5 Å². The van der Waals surface area contributed by atoms with Crippen LogP contribution < -0.4 is 10.6 Å². The first kappa shape index (κ1) is 20.1. The van der Waals surface area contributed by atoms with Gasteiger partial charge in [-0.05, 0) is 42.3 Å². The molecule has 1 aromatic heterocycles. The molecular weight excluding hydrogens is 383 g/mol. The predicted molar refractivity (Wildman–Crippen MR) is 102 cm³/mol. The first-order valence-electron chi connectivity index (χ1n) is 8.67. The number of benzene rings is 2. The molecule has 2 N–H and O–H groups in total. The van der Waals surface area contributed by atoms with Crippen molar-refractivity contribution in [2.24, 2.45) is 0 Å². The van der Waals surface area contributed by atoms with Gasteiger partial charge in [-0.15, -0.1) is 0 Å². The van der Waals surface area contributed by atoms with Crippen molar-refractivity contribution in [2.75, 3.05) is 10.6 Å². The van der Waals surface area contributed by atoms with Gasteiger partial charge in [0.15, 0.2) is 0 Å². The lowest BCUT2D eigenvalue weighted by molar-refractivity contribution is -0.116. The Morgan fingerprint density at radius 1 is 0.828 bits per heavy atom. The molecule has 0 unspecified atom stereocenters. The number of hydrogen-bond acceptors (Lipinski definition) is 3. The lowest BCUT2D eigenvalue weighted by Gasteiger charge is -2.11. The fourth-order valence-corrected chi connectivity index (χ4v) is 2.59. The number of para-hydroxylation sites is 1. The second-order valence-electron chi connectivity index (χ2n) is 6.15. The zero-order valence-corrected chi connectivity index (χ0v) is 15.1. The second kappa shape index (κ2) is 9.01. The van der Waals surface area contributed by atoms with Crippen molar-refractivity contribution in [3.8, 4) is 0 Å². The summed E-state index contributed by atoms with van der Waals surface area (Å²) in [4.78, 5) is 28.3. The molecule has 2 amide bonds. The number of rotatable bonds is 6. The fourth-order valence-electron chi connectivity index (χ4n) is 2.59. The Labute approximate surface area is 164 Å². The topological polar surface area (TPSA) is 71.1 Å². The van der Waals surface area contributed by atoms with E-state index in [2.05, 4.69) is 15.6 Å². The normalized spacial score (nSPS) is 10.4. The lowest BCUT2D eigenvalue weighted by atomic mass is 10.1. The number of carbonyl (C=O) groups excluding carboxylic acids is 2. The van der Waals surface area contributed by atoms with Crippen molar-refractivity contribution in [3.05, 3.63) is 89.5 Å². The number of halogens is 3. The van der Waals surface area contributed by atoms with Gasteiger partial charge in [0.2, 0.25) is 5.91 Å². The largest absolute Gasteiger partial charge is 0.324 e. The molecule has 0 radical (unpaired) electrons. The first-order chi connectivity index (χ1) is 13.9. The summed E-state index contributed by atoms with van der Waals surface area (Å²) in [6, 6.07) is 10.2. The van der Waals surface area contributed by atoms with Gasteiger partial charge in [-0.2, -0.15) is 0 Å². The van der Waals surface area contributed by atoms with Crippen molar-refractivity contribution >= 4 is 23.2 Å². The molecule has 0 spiro atoms. The number of amides is 2. The summed E-state index contributed by atoms with van der Waals surface area (Å²) >= 11 is 0. The lowest BCUT2D eigenvalue weighted by Crippen LogP contribution is -2.18. The number of nitrogens with zero attached hydrogens (tertiary/aromatic N) is 1. The number of hydrogen-bond donors (Lipinski definition) is 2. The van der Waals surface area contributed by atoms with Gasteiger partial charge in [0.25, 0.3) is 5.91 Å². The Hall–Kier alpha value is -3.68. The molecule has 0 aliphatic carbocycles. The van der Waals surface area contributed by atoms with Crippen molar-refractivity contribution < 1.29 is 22.8 Å². The fraction of sp³-hybridized carbons (Fsp3) is 0.0952. The Balaban J connectivity index is 1.72. The van der Waals surface area contributed by atoms with Crippen molar-refractivity contribution in [1.29, 1.82) is 0 Å². The quantitative estimate of drug-likeness (QED) is 0.648. The van der Waals surface area contributed by atoms with Gasteiger partial charge in [-0.3, -0.25) is 14.6 Å². The summed E-state index contributed by atoms with van der Waals surface area (Å²) in [5, 5.41) is 4.55. The van der Waals surface area contributed by atoms with Crippen molar-refractivity contribution in [1.82, 2.24) is 4.98 Å². The summed E-state index contributed by atoms with van der Waals surface area (Å²) in [7, 11) is 0. The van der Waals surface area contributed by atoms with Gasteiger partial charge in [0.1, 0.15) is 17.5 Å². The third-order valence-corrected chi connectivity index (χ3v) is 4.09. The zero-order valence-electron chi connectivity index (χ0n) is 15.1. The van der Waals surface area contributed by atoms with Crippen LogP contribution in [-0.2, 0) is 11.2 Å². The molecule has 0 atom stereocenters. The highest BCUT2D eigenvalue weighted by atomic mass is 19.1. The van der Waals surface area contributed by atoms with E-state index in [4.69, 9.17) is 0 Å². The van der Waals surface area contributed by atoms with E-state index in [1.165, 1.54) is 18.2 Å². The van der Waals surface area contributed by atoms with E-state index in [1.807, 2.05) is 0 Å². The highest BCUT2D eigenvalue weighted by molar-refractivity contribution is 6.05. The van der Waals surface area contributed by atoms with Crippen LogP contribution in [0.3, 0.4) is 0 Å². The molecule has 148 valence electrons. The molecule has 3 aromatic rings. The average Bonchev–Trinajstić information content (AvgIpc) is 2.71. The van der Waals surface area contributed by atoms with Gasteiger partial charge in [-0.1, -0.05) is 12.1 Å². The predicted octanol–water partition coefficient (Wildman–Crippen LogP) is 4.32. The van der Waals surface area contributed by atoms with Gasteiger partial charge >= 0.3 is 0 Å². The maximum atomic E-state index is 14.1. The van der Waals surface area contributed by atoms with Crippen LogP contribution >= 0.6 is 0 Å². The molecule has 2 aromatic carbocycles. The summed E-state index contributed by atoms with van der Waals surface area (Å²) in [6.07, 6.45) is 3.63. The standard InChI is InChI=1S/C21H16F3N3O2/c22-15-3-1-2-4-18(15)27-21(29)14-11-19(17(24)12-16(14)23)26-20(28)6-5-13-7-9-25-10-8-13/h1-4,7-12H,5-6H2,(H,26,28)(H,27,29). The van der Waals surface area contributed by atoms with Crippen LogP contribution in [0.15, 0.2) is 60.9 Å². The molecule has 5 nitrogen and oxygen atoms in total. The van der Waals surface area contributed by atoms with E-state index in [0.717, 1.165) is 17.7 Å². The third kappa shape index (κ3) is 5.19. The molecule has 0 bridgehead atoms. The van der Waals surface area contributed by atoms with Crippen LogP contribution in [0.2, 0.25) is 0 Å². The molecule has 29 heavy (non-hydrogen) atoms. The molecule has 0 saturated carbocycles. The first-order valence-corrected chi connectivity index (χ1v) is 8.67. The molecule has 0 aliphatic rings. The Morgan fingerprint density at radius 3 is 2.28 bits per heavy atom. The van der Waals surface area contributed by atoms with Crippen molar-refractivity contribution in [3.63, 3.8) is 0 Å². The molecule has 8 heteroatoms. The van der Waals surface area contributed by atoms with Gasteiger partial charge in [0, 0.05) is 24.9 Å². The molecule has 0 fully saturated rings. The van der Waals surface area contributed by atoms with Gasteiger partial charge in [0.05, 0.1) is 16.9 Å². The average molecular weight is 399 g/mol. The van der Waals surface area contributed by atoms with Crippen LogP contribution in [0.4, 0.5) is 24.5 Å². The van der Waals surface area contributed by atoms with E-state index < -0.39 is 34.8 Å². The smallest absolute Gasteiger partial charge is 0.258 e. The Morgan fingerprint density at radius 2 is 1.55 bits per heavy atom. The van der Waals surface area contributed by atoms with Gasteiger partial charge < -0.3 is 10.6 Å². The molecule has 1 heterocycles. The van der Waals surface area contributed by atoms with Crippen LogP contribution in [-0.4, -0.2) is 16.8 Å². The van der Waals surface area contributed by atoms with Crippen LogP contribution in [0.1, 0.15) is 22.3 Å². The van der Waals surface area contributed by atoms with E-state index in [-0.39, 0.29) is 17.8 Å². The minimum atomic E-state index is -1.13. The number of anilines is 2. The Kier molecular flexibility index (Phi) is 6.23. The third-order valence-electron chi connectivity index (χ3n) is 4.09. The SMILES string of the molecule is O=C(CCc1ccncc1)Nc1cc(C(=O)Nc2ccccc2F)c(F)cc1F. The second-order valence-corrected chi connectivity index (χ2v) is 6.15. The van der Waals surface area contributed by atoms with Gasteiger partial charge in [-0.25, -0.2) is 13.2 Å². The number of aryl methyl sites for hydroxylation is 1. The monoisotopic (exact) mass is 399 g/mol. The highest BCUT2D eigenvalue weighted by Gasteiger charge is 2.18. The van der Waals surface area contributed by atoms with Crippen LogP contribution in [0.25, 0.3) is 0 Å². The Bertz CT molecular complexity index is 1040. The maximum Gasteiger partial charge on any atom is 0.258 e. The number of carbonyl (C=O) groups is 2. The van der Waals surface area contributed by atoms with E-state index in [9.17, 15) is 22.8 Å². The summed E-state index contributed by atoms with van der Waals surface area (Å²) in [6.45, 7) is 0. The van der Waals surface area contributed by atoms with E-state index in [0.29, 0.717) is 12.5 Å². The molecule has 3 rings (SSSR count). The number of nitrogens with one attached hydrogen (secondary N) is 2. The maximum absolute atomic E-state index is 14.1. The minimum Gasteiger partial charge on any atom is -0.324 e. The number of pyridine rings is 1. The van der Waals surface area contributed by atoms with E-state index in [1.54, 1.807) is 24.5 Å². The summed E-state index contributed by atoms with van der Waals surface area (Å²) in [5.41, 5.74) is -0.146. The minimum absolute atomic E-state index is 0.0532.